The average molecular weight is 361 g/mol. The number of benzene rings is 3. The zero-order valence-electron chi connectivity index (χ0n) is 14.6. The summed E-state index contributed by atoms with van der Waals surface area (Å²) in [5.41, 5.74) is 0.563. The molecule has 0 spiro atoms. The molecule has 3 aromatic rings. The lowest BCUT2D eigenvalue weighted by Crippen LogP contribution is -2.40. The van der Waals surface area contributed by atoms with Gasteiger partial charge < -0.3 is 19.5 Å². The zero-order valence-corrected chi connectivity index (χ0v) is 14.6. The van der Waals surface area contributed by atoms with Gasteiger partial charge in [0.25, 0.3) is 5.91 Å². The lowest BCUT2D eigenvalue weighted by Gasteiger charge is -2.26. The number of carbonyl (C=O) groups excluding carboxylic acids is 1. The molecule has 0 saturated heterocycles. The molecule has 1 N–H and O–H groups in total. The van der Waals surface area contributed by atoms with Gasteiger partial charge in [0.05, 0.1) is 6.54 Å². The predicted octanol–water partition coefficient (Wildman–Crippen LogP) is 4.05. The van der Waals surface area contributed by atoms with E-state index in [0.29, 0.717) is 30.2 Å². The standard InChI is InChI=1S/C22H19NO4/c24-22(23-14-19-15-25-20-8-4-5-9-21(20)27-19)16-10-12-18(13-11-16)26-17-6-2-1-3-7-17/h1-13,19H,14-15H2,(H,23,24)/t19-/m1/s1. The van der Waals surface area contributed by atoms with E-state index in [0.717, 1.165) is 11.5 Å². The van der Waals surface area contributed by atoms with Crippen molar-refractivity contribution in [3.05, 3.63) is 84.4 Å². The van der Waals surface area contributed by atoms with Crippen molar-refractivity contribution >= 4 is 5.91 Å². The van der Waals surface area contributed by atoms with Crippen molar-refractivity contribution in [1.29, 1.82) is 0 Å². The number of fused-ring (bicyclic) bond motifs is 1. The molecule has 136 valence electrons. The Labute approximate surface area is 157 Å². The van der Waals surface area contributed by atoms with E-state index in [9.17, 15) is 4.79 Å². The molecule has 0 fully saturated rings. The maximum atomic E-state index is 12.4. The highest BCUT2D eigenvalue weighted by molar-refractivity contribution is 5.94. The number of nitrogens with one attached hydrogen (secondary N) is 1. The van der Waals surface area contributed by atoms with Crippen LogP contribution in [0, 0.1) is 0 Å². The number of rotatable bonds is 5. The second-order valence-corrected chi connectivity index (χ2v) is 6.15. The molecule has 1 heterocycles. The SMILES string of the molecule is O=C(NC[C@@H]1COc2ccccc2O1)c1ccc(Oc2ccccc2)cc1. The Morgan fingerprint density at radius 2 is 1.56 bits per heavy atom. The van der Waals surface area contributed by atoms with Gasteiger partial charge in [0.1, 0.15) is 24.2 Å². The van der Waals surface area contributed by atoms with Gasteiger partial charge in [-0.2, -0.15) is 0 Å². The molecular formula is C22H19NO4. The largest absolute Gasteiger partial charge is 0.486 e. The minimum Gasteiger partial charge on any atom is -0.486 e. The number of hydrogen-bond acceptors (Lipinski definition) is 4. The summed E-state index contributed by atoms with van der Waals surface area (Å²) in [5.74, 6) is 2.70. The second kappa shape index (κ2) is 7.83. The first-order valence-corrected chi connectivity index (χ1v) is 8.77. The van der Waals surface area contributed by atoms with Crippen molar-refractivity contribution in [1.82, 2.24) is 5.32 Å². The summed E-state index contributed by atoms with van der Waals surface area (Å²) < 4.78 is 17.2. The van der Waals surface area contributed by atoms with Gasteiger partial charge in [0, 0.05) is 5.56 Å². The van der Waals surface area contributed by atoms with Crippen LogP contribution in [0.5, 0.6) is 23.0 Å². The molecule has 1 aliphatic heterocycles. The van der Waals surface area contributed by atoms with E-state index in [4.69, 9.17) is 14.2 Å². The Bertz CT molecular complexity index is 909. The van der Waals surface area contributed by atoms with Crippen LogP contribution in [0.2, 0.25) is 0 Å². The Morgan fingerprint density at radius 3 is 2.33 bits per heavy atom. The Balaban J connectivity index is 1.31. The molecule has 1 aliphatic rings. The molecule has 3 aromatic carbocycles. The first-order valence-electron chi connectivity index (χ1n) is 8.77. The van der Waals surface area contributed by atoms with E-state index >= 15 is 0 Å². The molecule has 0 radical (unpaired) electrons. The molecule has 0 aromatic heterocycles. The van der Waals surface area contributed by atoms with E-state index in [1.54, 1.807) is 24.3 Å². The van der Waals surface area contributed by atoms with Gasteiger partial charge in [0.15, 0.2) is 11.5 Å². The van der Waals surface area contributed by atoms with Gasteiger partial charge in [0.2, 0.25) is 0 Å². The van der Waals surface area contributed by atoms with Gasteiger partial charge >= 0.3 is 0 Å². The Kier molecular flexibility index (Phi) is 4.92. The number of para-hydroxylation sites is 3. The summed E-state index contributed by atoms with van der Waals surface area (Å²) >= 11 is 0. The van der Waals surface area contributed by atoms with E-state index in [1.807, 2.05) is 54.6 Å². The predicted molar refractivity (Wildman–Crippen MR) is 102 cm³/mol. The molecule has 27 heavy (non-hydrogen) atoms. The Hall–Kier alpha value is -3.47. The minimum atomic E-state index is -0.218. The third-order valence-electron chi connectivity index (χ3n) is 4.15. The fourth-order valence-corrected chi connectivity index (χ4v) is 2.77. The van der Waals surface area contributed by atoms with Crippen LogP contribution in [-0.2, 0) is 0 Å². The highest BCUT2D eigenvalue weighted by Gasteiger charge is 2.21. The monoisotopic (exact) mass is 361 g/mol. The van der Waals surface area contributed by atoms with Crippen LogP contribution in [0.3, 0.4) is 0 Å². The lowest BCUT2D eigenvalue weighted by molar-refractivity contribution is 0.0789. The quantitative estimate of drug-likeness (QED) is 0.745. The van der Waals surface area contributed by atoms with Crippen molar-refractivity contribution < 1.29 is 19.0 Å². The van der Waals surface area contributed by atoms with E-state index in [1.165, 1.54) is 0 Å². The molecule has 0 unspecified atom stereocenters. The number of amides is 1. The van der Waals surface area contributed by atoms with Crippen LogP contribution in [-0.4, -0.2) is 25.2 Å². The molecular weight excluding hydrogens is 342 g/mol. The highest BCUT2D eigenvalue weighted by atomic mass is 16.6. The van der Waals surface area contributed by atoms with Crippen molar-refractivity contribution in [2.45, 2.75) is 6.10 Å². The molecule has 0 bridgehead atoms. The van der Waals surface area contributed by atoms with Crippen LogP contribution in [0.15, 0.2) is 78.9 Å². The molecule has 5 heteroatoms. The summed E-state index contributed by atoms with van der Waals surface area (Å²) in [5, 5.41) is 2.88. The lowest BCUT2D eigenvalue weighted by atomic mass is 10.2. The molecule has 5 nitrogen and oxygen atoms in total. The fraction of sp³-hybridized carbons (Fsp3) is 0.136. The smallest absolute Gasteiger partial charge is 0.251 e. The average Bonchev–Trinajstić information content (AvgIpc) is 2.73. The summed E-state index contributed by atoms with van der Waals surface area (Å²) in [6, 6.07) is 24.0. The molecule has 4 rings (SSSR count). The normalized spacial score (nSPS) is 15.0. The van der Waals surface area contributed by atoms with Gasteiger partial charge in [-0.3, -0.25) is 4.79 Å². The number of carbonyl (C=O) groups is 1. The number of hydrogen-bond donors (Lipinski definition) is 1. The van der Waals surface area contributed by atoms with E-state index < -0.39 is 0 Å². The third kappa shape index (κ3) is 4.20. The minimum absolute atomic E-state index is 0.163. The van der Waals surface area contributed by atoms with Gasteiger partial charge in [-0.25, -0.2) is 0 Å². The van der Waals surface area contributed by atoms with Crippen LogP contribution < -0.4 is 19.5 Å². The highest BCUT2D eigenvalue weighted by Crippen LogP contribution is 2.30. The summed E-state index contributed by atoms with van der Waals surface area (Å²) in [7, 11) is 0. The van der Waals surface area contributed by atoms with Crippen molar-refractivity contribution in [3.63, 3.8) is 0 Å². The topological polar surface area (TPSA) is 56.8 Å². The molecule has 0 saturated carbocycles. The maximum absolute atomic E-state index is 12.4. The summed E-state index contributed by atoms with van der Waals surface area (Å²) in [6.07, 6.45) is -0.218. The maximum Gasteiger partial charge on any atom is 0.251 e. The molecule has 1 atom stereocenters. The first kappa shape index (κ1) is 17.0. The molecule has 0 aliphatic carbocycles. The van der Waals surface area contributed by atoms with Crippen molar-refractivity contribution in [2.75, 3.05) is 13.2 Å². The third-order valence-corrected chi connectivity index (χ3v) is 4.15. The van der Waals surface area contributed by atoms with Gasteiger partial charge in [-0.1, -0.05) is 30.3 Å². The van der Waals surface area contributed by atoms with E-state index in [-0.39, 0.29) is 12.0 Å². The van der Waals surface area contributed by atoms with Crippen LogP contribution in [0.1, 0.15) is 10.4 Å². The summed E-state index contributed by atoms with van der Waals surface area (Å²) in [6.45, 7) is 0.774. The zero-order chi connectivity index (χ0) is 18.5. The van der Waals surface area contributed by atoms with Crippen LogP contribution in [0.4, 0.5) is 0 Å². The van der Waals surface area contributed by atoms with Crippen molar-refractivity contribution in [3.8, 4) is 23.0 Å². The van der Waals surface area contributed by atoms with Gasteiger partial charge in [-0.15, -0.1) is 0 Å². The van der Waals surface area contributed by atoms with Crippen LogP contribution >= 0.6 is 0 Å². The second-order valence-electron chi connectivity index (χ2n) is 6.15. The van der Waals surface area contributed by atoms with E-state index in [2.05, 4.69) is 5.32 Å². The van der Waals surface area contributed by atoms with Gasteiger partial charge in [-0.05, 0) is 48.5 Å². The van der Waals surface area contributed by atoms with Crippen molar-refractivity contribution in [2.24, 2.45) is 0 Å². The number of ether oxygens (including phenoxy) is 3. The molecule has 1 amide bonds. The Morgan fingerprint density at radius 1 is 0.889 bits per heavy atom. The fourth-order valence-electron chi connectivity index (χ4n) is 2.77. The first-order chi connectivity index (χ1) is 13.3. The summed E-state index contributed by atoms with van der Waals surface area (Å²) in [4.78, 5) is 12.4. The van der Waals surface area contributed by atoms with Crippen LogP contribution in [0.25, 0.3) is 0 Å².